The van der Waals surface area contributed by atoms with E-state index in [1.165, 1.54) is 6.07 Å². The molecular formula is C9H7BrN2O2S. The summed E-state index contributed by atoms with van der Waals surface area (Å²) >= 11 is 4.94. The molecule has 2 rings (SSSR count). The number of fused-ring (bicyclic) bond motifs is 1. The molecule has 15 heavy (non-hydrogen) atoms. The number of non-ortho nitro benzene ring substituents is 1. The van der Waals surface area contributed by atoms with Crippen LogP contribution in [0.25, 0.3) is 10.9 Å². The summed E-state index contributed by atoms with van der Waals surface area (Å²) in [6.07, 6.45) is 1.94. The molecule has 0 aliphatic carbocycles. The average molecular weight is 287 g/mol. The molecule has 0 aliphatic heterocycles. The number of thioether (sulfide) groups is 1. The van der Waals surface area contributed by atoms with E-state index in [0.29, 0.717) is 0 Å². The van der Waals surface area contributed by atoms with Crippen molar-refractivity contribution in [2.24, 2.45) is 0 Å². The average Bonchev–Trinajstić information content (AvgIpc) is 2.51. The molecule has 1 aromatic heterocycles. The van der Waals surface area contributed by atoms with E-state index < -0.39 is 0 Å². The molecule has 0 aliphatic rings. The maximum atomic E-state index is 10.6. The van der Waals surface area contributed by atoms with Gasteiger partial charge >= 0.3 is 0 Å². The quantitative estimate of drug-likeness (QED) is 0.522. The van der Waals surface area contributed by atoms with Gasteiger partial charge in [0, 0.05) is 27.9 Å². The van der Waals surface area contributed by atoms with Gasteiger partial charge in [-0.05, 0) is 28.3 Å². The van der Waals surface area contributed by atoms with E-state index in [1.54, 1.807) is 23.9 Å². The van der Waals surface area contributed by atoms with Crippen LogP contribution < -0.4 is 0 Å². The van der Waals surface area contributed by atoms with Crippen molar-refractivity contribution in [2.75, 3.05) is 6.26 Å². The third kappa shape index (κ3) is 1.74. The number of nitro benzene ring substituents is 1. The van der Waals surface area contributed by atoms with Gasteiger partial charge in [-0.3, -0.25) is 10.1 Å². The first kappa shape index (κ1) is 10.5. The third-order valence-corrected chi connectivity index (χ3v) is 3.80. The minimum absolute atomic E-state index is 0.115. The summed E-state index contributed by atoms with van der Waals surface area (Å²) in [5.41, 5.74) is 1.01. The number of aromatic amines is 1. The molecule has 0 bridgehead atoms. The maximum Gasteiger partial charge on any atom is 0.270 e. The summed E-state index contributed by atoms with van der Waals surface area (Å²) in [5, 5.41) is 11.5. The Labute approximate surface area is 98.3 Å². The number of nitro groups is 1. The number of hydrogen-bond donors (Lipinski definition) is 1. The zero-order valence-corrected chi connectivity index (χ0v) is 10.2. The Balaban J connectivity index is 2.73. The monoisotopic (exact) mass is 286 g/mol. The SMILES string of the molecule is CSc1c(Br)[nH]c2ccc([N+](=O)[O-])cc12. The van der Waals surface area contributed by atoms with E-state index in [-0.39, 0.29) is 10.6 Å². The smallest absolute Gasteiger partial charge is 0.270 e. The van der Waals surface area contributed by atoms with Crippen LogP contribution >= 0.6 is 27.7 Å². The lowest BCUT2D eigenvalue weighted by molar-refractivity contribution is -0.384. The van der Waals surface area contributed by atoms with Gasteiger partial charge in [-0.1, -0.05) is 0 Å². The van der Waals surface area contributed by atoms with Crippen LogP contribution in [-0.2, 0) is 0 Å². The fraction of sp³-hybridized carbons (Fsp3) is 0.111. The molecule has 0 radical (unpaired) electrons. The van der Waals surface area contributed by atoms with Gasteiger partial charge in [-0.15, -0.1) is 11.8 Å². The largest absolute Gasteiger partial charge is 0.348 e. The molecule has 1 N–H and O–H groups in total. The molecule has 6 heteroatoms. The molecule has 78 valence electrons. The molecule has 0 saturated heterocycles. The Kier molecular flexibility index (Phi) is 2.70. The van der Waals surface area contributed by atoms with Gasteiger partial charge in [-0.2, -0.15) is 0 Å². The van der Waals surface area contributed by atoms with Gasteiger partial charge in [0.25, 0.3) is 5.69 Å². The summed E-state index contributed by atoms with van der Waals surface area (Å²) in [6, 6.07) is 4.80. The van der Waals surface area contributed by atoms with E-state index in [4.69, 9.17) is 0 Å². The second kappa shape index (κ2) is 3.86. The van der Waals surface area contributed by atoms with Gasteiger partial charge < -0.3 is 4.98 Å². The number of nitrogens with one attached hydrogen (secondary N) is 1. The Hall–Kier alpha value is -1.01. The normalized spacial score (nSPS) is 10.8. The highest BCUT2D eigenvalue weighted by molar-refractivity contribution is 9.10. The van der Waals surface area contributed by atoms with Crippen LogP contribution in [-0.4, -0.2) is 16.2 Å². The minimum atomic E-state index is -0.384. The number of rotatable bonds is 2. The summed E-state index contributed by atoms with van der Waals surface area (Å²) in [5.74, 6) is 0. The van der Waals surface area contributed by atoms with Crippen molar-refractivity contribution in [3.63, 3.8) is 0 Å². The molecule has 1 aromatic carbocycles. The predicted molar refractivity (Wildman–Crippen MR) is 64.4 cm³/mol. The van der Waals surface area contributed by atoms with E-state index in [1.807, 2.05) is 6.26 Å². The fourth-order valence-electron chi connectivity index (χ4n) is 1.44. The maximum absolute atomic E-state index is 10.6. The number of halogens is 1. The highest BCUT2D eigenvalue weighted by Gasteiger charge is 2.12. The van der Waals surface area contributed by atoms with E-state index in [2.05, 4.69) is 20.9 Å². The van der Waals surface area contributed by atoms with Crippen LogP contribution in [0.2, 0.25) is 0 Å². The van der Waals surface area contributed by atoms with Crippen LogP contribution in [0.15, 0.2) is 27.7 Å². The number of nitrogens with zero attached hydrogens (tertiary/aromatic N) is 1. The van der Waals surface area contributed by atoms with Gasteiger partial charge in [0.2, 0.25) is 0 Å². The molecule has 0 atom stereocenters. The zero-order chi connectivity index (χ0) is 11.0. The van der Waals surface area contributed by atoms with Crippen LogP contribution in [0.5, 0.6) is 0 Å². The van der Waals surface area contributed by atoms with Crippen LogP contribution in [0.4, 0.5) is 5.69 Å². The summed E-state index contributed by atoms with van der Waals surface area (Å²) in [7, 11) is 0. The summed E-state index contributed by atoms with van der Waals surface area (Å²) in [6.45, 7) is 0. The van der Waals surface area contributed by atoms with Crippen molar-refractivity contribution >= 4 is 44.3 Å². The molecular weight excluding hydrogens is 280 g/mol. The summed E-state index contributed by atoms with van der Waals surface area (Å²) in [4.78, 5) is 14.4. The van der Waals surface area contributed by atoms with Crippen LogP contribution in [0.1, 0.15) is 0 Å². The van der Waals surface area contributed by atoms with Crippen LogP contribution in [0, 0.1) is 10.1 Å². The first-order valence-electron chi connectivity index (χ1n) is 4.13. The summed E-state index contributed by atoms with van der Waals surface area (Å²) < 4.78 is 0.866. The Bertz CT molecular complexity index is 538. The molecule has 0 amide bonds. The highest BCUT2D eigenvalue weighted by atomic mass is 79.9. The van der Waals surface area contributed by atoms with Gasteiger partial charge in [0.1, 0.15) is 0 Å². The van der Waals surface area contributed by atoms with Crippen molar-refractivity contribution in [2.45, 2.75) is 4.90 Å². The van der Waals surface area contributed by atoms with E-state index >= 15 is 0 Å². The lowest BCUT2D eigenvalue weighted by Crippen LogP contribution is -1.86. The standard InChI is InChI=1S/C9H7BrN2O2S/c1-15-8-6-4-5(12(13)14)2-3-7(6)11-9(8)10/h2-4,11H,1H3. The second-order valence-electron chi connectivity index (χ2n) is 2.96. The third-order valence-electron chi connectivity index (χ3n) is 2.11. The number of aromatic nitrogens is 1. The minimum Gasteiger partial charge on any atom is -0.348 e. The van der Waals surface area contributed by atoms with Crippen LogP contribution in [0.3, 0.4) is 0 Å². The van der Waals surface area contributed by atoms with Crippen molar-refractivity contribution in [3.05, 3.63) is 32.9 Å². The van der Waals surface area contributed by atoms with E-state index in [9.17, 15) is 10.1 Å². The predicted octanol–water partition coefficient (Wildman–Crippen LogP) is 3.56. The molecule has 2 aromatic rings. The van der Waals surface area contributed by atoms with Gasteiger partial charge in [-0.25, -0.2) is 0 Å². The van der Waals surface area contributed by atoms with Gasteiger partial charge in [0.15, 0.2) is 0 Å². The lowest BCUT2D eigenvalue weighted by Gasteiger charge is -1.94. The zero-order valence-electron chi connectivity index (χ0n) is 7.78. The van der Waals surface area contributed by atoms with Crippen molar-refractivity contribution in [3.8, 4) is 0 Å². The van der Waals surface area contributed by atoms with Crippen molar-refractivity contribution in [1.29, 1.82) is 0 Å². The number of benzene rings is 1. The number of H-pyrrole nitrogens is 1. The highest BCUT2D eigenvalue weighted by Crippen LogP contribution is 2.35. The van der Waals surface area contributed by atoms with Gasteiger partial charge in [0.05, 0.1) is 9.53 Å². The van der Waals surface area contributed by atoms with Crippen molar-refractivity contribution in [1.82, 2.24) is 4.98 Å². The van der Waals surface area contributed by atoms with Crippen molar-refractivity contribution < 1.29 is 4.92 Å². The topological polar surface area (TPSA) is 58.9 Å². The Morgan fingerprint density at radius 3 is 2.87 bits per heavy atom. The van der Waals surface area contributed by atoms with E-state index in [0.717, 1.165) is 20.4 Å². The first-order valence-corrected chi connectivity index (χ1v) is 6.15. The Morgan fingerprint density at radius 2 is 2.27 bits per heavy atom. The molecule has 0 saturated carbocycles. The number of hydrogen-bond acceptors (Lipinski definition) is 3. The Morgan fingerprint density at radius 1 is 1.53 bits per heavy atom. The molecule has 0 unspecified atom stereocenters. The fourth-order valence-corrected chi connectivity index (χ4v) is 2.97. The molecule has 0 fully saturated rings. The molecule has 0 spiro atoms. The molecule has 1 heterocycles. The first-order chi connectivity index (χ1) is 7.13. The molecule has 4 nitrogen and oxygen atoms in total. The second-order valence-corrected chi connectivity index (χ2v) is 4.57. The lowest BCUT2D eigenvalue weighted by atomic mass is 10.2.